The summed E-state index contributed by atoms with van der Waals surface area (Å²) in [5.74, 6) is 1.65. The van der Waals surface area contributed by atoms with Gasteiger partial charge in [-0.2, -0.15) is 0 Å². The third-order valence-corrected chi connectivity index (χ3v) is 7.18. The van der Waals surface area contributed by atoms with Gasteiger partial charge >= 0.3 is 0 Å². The van der Waals surface area contributed by atoms with Crippen molar-refractivity contribution in [2.24, 2.45) is 5.92 Å². The predicted octanol–water partition coefficient (Wildman–Crippen LogP) is 5.41. The van der Waals surface area contributed by atoms with Crippen LogP contribution in [0.25, 0.3) is 5.69 Å². The van der Waals surface area contributed by atoms with Gasteiger partial charge < -0.3 is 4.74 Å². The maximum absolute atomic E-state index is 13.0. The summed E-state index contributed by atoms with van der Waals surface area (Å²) in [6.45, 7) is 8.59. The Hall–Kier alpha value is -2.31. The highest BCUT2D eigenvalue weighted by molar-refractivity contribution is 9.10. The topological polar surface area (TPSA) is 39.4 Å². The molecule has 0 amide bonds. The Morgan fingerprint density at radius 3 is 2.38 bits per heavy atom. The van der Waals surface area contributed by atoms with Gasteiger partial charge in [0, 0.05) is 13.1 Å². The van der Waals surface area contributed by atoms with E-state index in [-0.39, 0.29) is 5.56 Å². The standard InChI is InChI=1S/C26H32BrN3O2/c1-3-29-24(25(27)26(31)30(29)22-7-5-4-6-8-22)19-28-16-13-21(14-17-28)15-18-32-23-11-9-20(2)10-12-23/h4-12,21H,3,13-19H2,1-2H3. The number of halogens is 1. The summed E-state index contributed by atoms with van der Waals surface area (Å²) in [4.78, 5) is 15.5. The summed E-state index contributed by atoms with van der Waals surface area (Å²) in [5.41, 5.74) is 3.22. The number of likely N-dealkylation sites (tertiary alicyclic amines) is 1. The fourth-order valence-corrected chi connectivity index (χ4v) is 4.99. The van der Waals surface area contributed by atoms with Gasteiger partial charge in [-0.05, 0) is 92.3 Å². The number of rotatable bonds is 8. The van der Waals surface area contributed by atoms with Crippen LogP contribution < -0.4 is 10.3 Å². The number of benzene rings is 2. The molecule has 0 spiro atoms. The molecule has 1 fully saturated rings. The molecule has 0 atom stereocenters. The molecule has 4 rings (SSSR count). The molecule has 3 aromatic rings. The summed E-state index contributed by atoms with van der Waals surface area (Å²) >= 11 is 3.59. The minimum atomic E-state index is 0.0104. The van der Waals surface area contributed by atoms with Crippen molar-refractivity contribution in [1.82, 2.24) is 14.3 Å². The molecule has 1 aliphatic heterocycles. The van der Waals surface area contributed by atoms with Crippen LogP contribution in [-0.4, -0.2) is 34.0 Å². The number of aryl methyl sites for hydroxylation is 1. The minimum absolute atomic E-state index is 0.0104. The maximum Gasteiger partial charge on any atom is 0.286 e. The van der Waals surface area contributed by atoms with E-state index >= 15 is 0 Å². The summed E-state index contributed by atoms with van der Waals surface area (Å²) in [5, 5.41) is 0. The van der Waals surface area contributed by atoms with E-state index in [1.54, 1.807) is 4.68 Å². The van der Waals surface area contributed by atoms with Gasteiger partial charge in [-0.3, -0.25) is 14.4 Å². The summed E-state index contributed by atoms with van der Waals surface area (Å²) in [7, 11) is 0. The third kappa shape index (κ3) is 5.18. The molecule has 1 saturated heterocycles. The molecule has 2 heterocycles. The zero-order chi connectivity index (χ0) is 22.5. The molecule has 0 aliphatic carbocycles. The first-order valence-corrected chi connectivity index (χ1v) is 12.3. The lowest BCUT2D eigenvalue weighted by molar-refractivity contribution is 0.154. The molecule has 6 heteroatoms. The molecule has 0 radical (unpaired) electrons. The van der Waals surface area contributed by atoms with Crippen LogP contribution in [-0.2, 0) is 13.1 Å². The Balaban J connectivity index is 1.34. The zero-order valence-corrected chi connectivity index (χ0v) is 20.6. The molecule has 1 aromatic heterocycles. The molecule has 170 valence electrons. The average molecular weight is 498 g/mol. The molecule has 0 saturated carbocycles. The molecular formula is C26H32BrN3O2. The van der Waals surface area contributed by atoms with Crippen molar-refractivity contribution < 1.29 is 4.74 Å². The van der Waals surface area contributed by atoms with E-state index in [9.17, 15) is 4.79 Å². The van der Waals surface area contributed by atoms with Crippen LogP contribution in [0.15, 0.2) is 63.9 Å². The normalized spacial score (nSPS) is 15.2. The van der Waals surface area contributed by atoms with Gasteiger partial charge in [-0.15, -0.1) is 0 Å². The van der Waals surface area contributed by atoms with Crippen LogP contribution >= 0.6 is 15.9 Å². The van der Waals surface area contributed by atoms with Crippen molar-refractivity contribution in [3.05, 3.63) is 80.7 Å². The van der Waals surface area contributed by atoms with Gasteiger partial charge in [0.05, 0.1) is 18.0 Å². The lowest BCUT2D eigenvalue weighted by Crippen LogP contribution is -2.34. The first kappa shape index (κ1) is 22.9. The van der Waals surface area contributed by atoms with Crippen LogP contribution in [0.2, 0.25) is 0 Å². The molecule has 5 nitrogen and oxygen atoms in total. The van der Waals surface area contributed by atoms with Crippen LogP contribution in [0.3, 0.4) is 0 Å². The van der Waals surface area contributed by atoms with E-state index in [0.29, 0.717) is 10.4 Å². The first-order chi connectivity index (χ1) is 15.6. The smallest absolute Gasteiger partial charge is 0.286 e. The average Bonchev–Trinajstić information content (AvgIpc) is 3.06. The molecule has 2 aromatic carbocycles. The summed E-state index contributed by atoms with van der Waals surface area (Å²) in [6, 6.07) is 18.1. The Bertz CT molecular complexity index is 1060. The van der Waals surface area contributed by atoms with E-state index < -0.39 is 0 Å². The molecule has 32 heavy (non-hydrogen) atoms. The molecule has 0 N–H and O–H groups in total. The number of ether oxygens (including phenoxy) is 1. The Morgan fingerprint density at radius 2 is 1.72 bits per heavy atom. The number of nitrogens with zero attached hydrogens (tertiary/aromatic N) is 3. The first-order valence-electron chi connectivity index (χ1n) is 11.5. The monoisotopic (exact) mass is 497 g/mol. The largest absolute Gasteiger partial charge is 0.494 e. The Morgan fingerprint density at radius 1 is 1.03 bits per heavy atom. The highest BCUT2D eigenvalue weighted by Crippen LogP contribution is 2.25. The van der Waals surface area contributed by atoms with Crippen molar-refractivity contribution in [3.63, 3.8) is 0 Å². The molecule has 1 aliphatic rings. The second-order valence-corrected chi connectivity index (χ2v) is 9.39. The molecule has 0 bridgehead atoms. The fraction of sp³-hybridized carbons (Fsp3) is 0.423. The summed E-state index contributed by atoms with van der Waals surface area (Å²) in [6.07, 6.45) is 3.44. The fourth-order valence-electron chi connectivity index (χ4n) is 4.49. The van der Waals surface area contributed by atoms with Gasteiger partial charge in [0.2, 0.25) is 0 Å². The van der Waals surface area contributed by atoms with Crippen molar-refractivity contribution in [2.75, 3.05) is 19.7 Å². The van der Waals surface area contributed by atoms with Gasteiger partial charge in [-0.1, -0.05) is 35.9 Å². The Kier molecular flexibility index (Phi) is 7.53. The van der Waals surface area contributed by atoms with E-state index in [4.69, 9.17) is 4.74 Å². The lowest BCUT2D eigenvalue weighted by atomic mass is 9.94. The molecule has 0 unspecified atom stereocenters. The van der Waals surface area contributed by atoms with E-state index in [1.807, 2.05) is 42.5 Å². The number of hydrogen-bond donors (Lipinski definition) is 0. The van der Waals surface area contributed by atoms with Gasteiger partial charge in [0.25, 0.3) is 5.56 Å². The van der Waals surface area contributed by atoms with Gasteiger partial charge in [-0.25, -0.2) is 4.68 Å². The van der Waals surface area contributed by atoms with Crippen LogP contribution in [0, 0.1) is 12.8 Å². The van der Waals surface area contributed by atoms with Crippen molar-refractivity contribution in [1.29, 1.82) is 0 Å². The highest BCUT2D eigenvalue weighted by atomic mass is 79.9. The quantitative estimate of drug-likeness (QED) is 0.417. The summed E-state index contributed by atoms with van der Waals surface area (Å²) < 4.78 is 10.5. The molecular weight excluding hydrogens is 466 g/mol. The maximum atomic E-state index is 13.0. The number of hydrogen-bond acceptors (Lipinski definition) is 3. The second-order valence-electron chi connectivity index (χ2n) is 8.60. The van der Waals surface area contributed by atoms with Crippen molar-refractivity contribution in [2.45, 2.75) is 46.2 Å². The van der Waals surface area contributed by atoms with E-state index in [1.165, 1.54) is 18.4 Å². The van der Waals surface area contributed by atoms with Crippen LogP contribution in [0.1, 0.15) is 37.4 Å². The van der Waals surface area contributed by atoms with Crippen LogP contribution in [0.5, 0.6) is 5.75 Å². The Labute approximate surface area is 198 Å². The minimum Gasteiger partial charge on any atom is -0.494 e. The number of aromatic nitrogens is 2. The van der Waals surface area contributed by atoms with Crippen molar-refractivity contribution >= 4 is 15.9 Å². The van der Waals surface area contributed by atoms with Gasteiger partial charge in [0.1, 0.15) is 10.2 Å². The highest BCUT2D eigenvalue weighted by Gasteiger charge is 2.24. The SMILES string of the molecule is CCn1c(CN2CCC(CCOc3ccc(C)cc3)CC2)c(Br)c(=O)n1-c1ccccc1. The van der Waals surface area contributed by atoms with E-state index in [2.05, 4.69) is 51.5 Å². The number of piperidine rings is 1. The third-order valence-electron chi connectivity index (χ3n) is 6.38. The predicted molar refractivity (Wildman–Crippen MR) is 133 cm³/mol. The van der Waals surface area contributed by atoms with Crippen molar-refractivity contribution in [3.8, 4) is 11.4 Å². The number of para-hydroxylation sites is 1. The van der Waals surface area contributed by atoms with Gasteiger partial charge in [0.15, 0.2) is 0 Å². The lowest BCUT2D eigenvalue weighted by Gasteiger charge is -2.32. The second kappa shape index (κ2) is 10.5. The van der Waals surface area contributed by atoms with E-state index in [0.717, 1.165) is 56.3 Å². The zero-order valence-electron chi connectivity index (χ0n) is 19.0. The van der Waals surface area contributed by atoms with Crippen LogP contribution in [0.4, 0.5) is 0 Å².